The molecule has 15 heavy (non-hydrogen) atoms. The van der Waals surface area contributed by atoms with Crippen LogP contribution in [-0.4, -0.2) is 38.0 Å². The number of nitrogens with one attached hydrogen (secondary N) is 2. The van der Waals surface area contributed by atoms with E-state index in [2.05, 4.69) is 10.6 Å². The SMILES string of the molecule is CN(C)C(=O)c1ccc2c(c1)NCCN2. The third kappa shape index (κ3) is 1.88. The molecule has 80 valence electrons. The summed E-state index contributed by atoms with van der Waals surface area (Å²) in [6, 6.07) is 5.68. The van der Waals surface area contributed by atoms with E-state index in [1.54, 1.807) is 19.0 Å². The molecule has 2 rings (SSSR count). The molecule has 0 atom stereocenters. The normalized spacial score (nSPS) is 13.5. The molecule has 1 heterocycles. The van der Waals surface area contributed by atoms with Crippen LogP contribution < -0.4 is 10.6 Å². The van der Waals surface area contributed by atoms with Crippen molar-refractivity contribution in [1.82, 2.24) is 4.90 Å². The third-order valence-corrected chi connectivity index (χ3v) is 2.43. The predicted molar refractivity (Wildman–Crippen MR) is 61.4 cm³/mol. The number of nitrogens with zero attached hydrogens (tertiary/aromatic N) is 1. The lowest BCUT2D eigenvalue weighted by Crippen LogP contribution is -2.24. The fraction of sp³-hybridized carbons (Fsp3) is 0.364. The molecular weight excluding hydrogens is 190 g/mol. The van der Waals surface area contributed by atoms with Gasteiger partial charge in [-0.05, 0) is 18.2 Å². The minimum atomic E-state index is 0.0326. The highest BCUT2D eigenvalue weighted by molar-refractivity contribution is 5.96. The molecule has 0 radical (unpaired) electrons. The van der Waals surface area contributed by atoms with Crippen molar-refractivity contribution in [3.63, 3.8) is 0 Å². The van der Waals surface area contributed by atoms with Gasteiger partial charge in [0.15, 0.2) is 0 Å². The minimum Gasteiger partial charge on any atom is -0.382 e. The van der Waals surface area contributed by atoms with E-state index >= 15 is 0 Å². The van der Waals surface area contributed by atoms with Crippen LogP contribution in [0.2, 0.25) is 0 Å². The highest BCUT2D eigenvalue weighted by atomic mass is 16.2. The second kappa shape index (κ2) is 3.81. The van der Waals surface area contributed by atoms with Crippen molar-refractivity contribution in [3.05, 3.63) is 23.8 Å². The van der Waals surface area contributed by atoms with E-state index < -0.39 is 0 Å². The van der Waals surface area contributed by atoms with Crippen LogP contribution in [0.3, 0.4) is 0 Å². The lowest BCUT2D eigenvalue weighted by atomic mass is 10.1. The summed E-state index contributed by atoms with van der Waals surface area (Å²) in [5, 5.41) is 6.53. The van der Waals surface area contributed by atoms with Crippen LogP contribution in [0.1, 0.15) is 10.4 Å². The second-order valence-electron chi connectivity index (χ2n) is 3.81. The van der Waals surface area contributed by atoms with E-state index in [9.17, 15) is 4.79 Å². The van der Waals surface area contributed by atoms with E-state index in [0.717, 1.165) is 30.0 Å². The molecule has 1 amide bonds. The van der Waals surface area contributed by atoms with Gasteiger partial charge in [-0.2, -0.15) is 0 Å². The van der Waals surface area contributed by atoms with Crippen molar-refractivity contribution >= 4 is 17.3 Å². The van der Waals surface area contributed by atoms with Gasteiger partial charge in [-0.15, -0.1) is 0 Å². The first-order chi connectivity index (χ1) is 7.18. The summed E-state index contributed by atoms with van der Waals surface area (Å²) in [6.07, 6.45) is 0. The molecule has 1 aromatic carbocycles. The molecule has 0 unspecified atom stereocenters. The Hall–Kier alpha value is -1.71. The number of rotatable bonds is 1. The zero-order chi connectivity index (χ0) is 10.8. The van der Waals surface area contributed by atoms with E-state index in [0.29, 0.717) is 0 Å². The van der Waals surface area contributed by atoms with Gasteiger partial charge in [-0.3, -0.25) is 4.79 Å². The van der Waals surface area contributed by atoms with Gasteiger partial charge in [0.25, 0.3) is 5.91 Å². The van der Waals surface area contributed by atoms with Gasteiger partial charge < -0.3 is 15.5 Å². The van der Waals surface area contributed by atoms with Crippen LogP contribution in [0.25, 0.3) is 0 Å². The molecular formula is C11H15N3O. The number of anilines is 2. The van der Waals surface area contributed by atoms with Crippen molar-refractivity contribution in [2.24, 2.45) is 0 Å². The number of carbonyl (C=O) groups excluding carboxylic acids is 1. The van der Waals surface area contributed by atoms with Crippen LogP contribution in [0.15, 0.2) is 18.2 Å². The number of amides is 1. The minimum absolute atomic E-state index is 0.0326. The van der Waals surface area contributed by atoms with Crippen molar-refractivity contribution in [1.29, 1.82) is 0 Å². The van der Waals surface area contributed by atoms with Gasteiger partial charge in [-0.25, -0.2) is 0 Å². The van der Waals surface area contributed by atoms with Crippen molar-refractivity contribution in [3.8, 4) is 0 Å². The first-order valence-corrected chi connectivity index (χ1v) is 5.02. The highest BCUT2D eigenvalue weighted by Gasteiger charge is 2.12. The quantitative estimate of drug-likeness (QED) is 0.724. The third-order valence-electron chi connectivity index (χ3n) is 2.43. The van der Waals surface area contributed by atoms with Gasteiger partial charge in [-0.1, -0.05) is 0 Å². The number of fused-ring (bicyclic) bond motifs is 1. The zero-order valence-corrected chi connectivity index (χ0v) is 9.00. The molecule has 1 aliphatic heterocycles. The van der Waals surface area contributed by atoms with Crippen molar-refractivity contribution < 1.29 is 4.79 Å². The molecule has 0 spiro atoms. The van der Waals surface area contributed by atoms with E-state index in [4.69, 9.17) is 0 Å². The fourth-order valence-electron chi connectivity index (χ4n) is 1.63. The molecule has 2 N–H and O–H groups in total. The first-order valence-electron chi connectivity index (χ1n) is 5.02. The molecule has 4 nitrogen and oxygen atoms in total. The molecule has 4 heteroatoms. The monoisotopic (exact) mass is 205 g/mol. The average molecular weight is 205 g/mol. The maximum atomic E-state index is 11.7. The van der Waals surface area contributed by atoms with E-state index in [1.807, 2.05) is 18.2 Å². The fourth-order valence-corrected chi connectivity index (χ4v) is 1.63. The summed E-state index contributed by atoms with van der Waals surface area (Å²) < 4.78 is 0. The van der Waals surface area contributed by atoms with Gasteiger partial charge >= 0.3 is 0 Å². The molecule has 0 aromatic heterocycles. The summed E-state index contributed by atoms with van der Waals surface area (Å²) in [4.78, 5) is 13.3. The van der Waals surface area contributed by atoms with Crippen molar-refractivity contribution in [2.75, 3.05) is 37.8 Å². The predicted octanol–water partition coefficient (Wildman–Crippen LogP) is 1.23. The highest BCUT2D eigenvalue weighted by Crippen LogP contribution is 2.25. The summed E-state index contributed by atoms with van der Waals surface area (Å²) in [7, 11) is 3.51. The van der Waals surface area contributed by atoms with Crippen LogP contribution in [0.4, 0.5) is 11.4 Å². The van der Waals surface area contributed by atoms with Gasteiger partial charge in [0.05, 0.1) is 11.4 Å². The van der Waals surface area contributed by atoms with E-state index in [1.165, 1.54) is 0 Å². The topological polar surface area (TPSA) is 44.4 Å². The Bertz CT molecular complexity index is 387. The van der Waals surface area contributed by atoms with E-state index in [-0.39, 0.29) is 5.91 Å². The number of carbonyl (C=O) groups is 1. The van der Waals surface area contributed by atoms with Crippen LogP contribution in [0.5, 0.6) is 0 Å². The standard InChI is InChI=1S/C11H15N3O/c1-14(2)11(15)8-3-4-9-10(7-8)13-6-5-12-9/h3-4,7,12-13H,5-6H2,1-2H3. The second-order valence-corrected chi connectivity index (χ2v) is 3.81. The molecule has 0 saturated carbocycles. The zero-order valence-electron chi connectivity index (χ0n) is 9.00. The molecule has 0 fully saturated rings. The molecule has 1 aliphatic rings. The molecule has 1 aromatic rings. The number of hydrogen-bond acceptors (Lipinski definition) is 3. The van der Waals surface area contributed by atoms with Crippen LogP contribution in [-0.2, 0) is 0 Å². The van der Waals surface area contributed by atoms with Crippen LogP contribution >= 0.6 is 0 Å². The van der Waals surface area contributed by atoms with Gasteiger partial charge in [0, 0.05) is 32.7 Å². The average Bonchev–Trinajstić information content (AvgIpc) is 2.27. The number of benzene rings is 1. The lowest BCUT2D eigenvalue weighted by Gasteiger charge is -2.21. The van der Waals surface area contributed by atoms with Gasteiger partial charge in [0.2, 0.25) is 0 Å². The molecule has 0 bridgehead atoms. The smallest absolute Gasteiger partial charge is 0.253 e. The maximum Gasteiger partial charge on any atom is 0.253 e. The summed E-state index contributed by atoms with van der Waals surface area (Å²) in [5.74, 6) is 0.0326. The summed E-state index contributed by atoms with van der Waals surface area (Å²) in [5.41, 5.74) is 2.79. The Morgan fingerprint density at radius 3 is 2.53 bits per heavy atom. The Kier molecular flexibility index (Phi) is 2.49. The summed E-state index contributed by atoms with van der Waals surface area (Å²) >= 11 is 0. The Labute approximate surface area is 89.3 Å². The summed E-state index contributed by atoms with van der Waals surface area (Å²) in [6.45, 7) is 1.82. The Morgan fingerprint density at radius 2 is 1.87 bits per heavy atom. The number of hydrogen-bond donors (Lipinski definition) is 2. The Balaban J connectivity index is 2.32. The van der Waals surface area contributed by atoms with Crippen molar-refractivity contribution in [2.45, 2.75) is 0 Å². The van der Waals surface area contributed by atoms with Gasteiger partial charge in [0.1, 0.15) is 0 Å². The molecule has 0 aliphatic carbocycles. The lowest BCUT2D eigenvalue weighted by molar-refractivity contribution is 0.0827. The Morgan fingerprint density at radius 1 is 1.20 bits per heavy atom. The first kappa shape index (κ1) is 9.83. The largest absolute Gasteiger partial charge is 0.382 e. The molecule has 0 saturated heterocycles. The maximum absolute atomic E-state index is 11.7. The van der Waals surface area contributed by atoms with Crippen LogP contribution in [0, 0.1) is 0 Å².